The number of thiophene rings is 1. The summed E-state index contributed by atoms with van der Waals surface area (Å²) in [6.07, 6.45) is 3.27. The lowest BCUT2D eigenvalue weighted by Gasteiger charge is -2.07. The van der Waals surface area contributed by atoms with Crippen LogP contribution in [0.15, 0.2) is 46.7 Å². The fourth-order valence-electron chi connectivity index (χ4n) is 1.88. The van der Waals surface area contributed by atoms with Gasteiger partial charge in [-0.15, -0.1) is 11.3 Å². The fraction of sp³-hybridized carbons (Fsp3) is 0.333. The highest BCUT2D eigenvalue weighted by Gasteiger charge is 2.13. The maximum Gasteiger partial charge on any atom is 0.240 e. The molecule has 3 nitrogen and oxygen atoms in total. The zero-order valence-electron chi connectivity index (χ0n) is 11.5. The van der Waals surface area contributed by atoms with Crippen LogP contribution in [0, 0.1) is 0 Å². The van der Waals surface area contributed by atoms with Gasteiger partial charge in [0.1, 0.15) is 0 Å². The minimum absolute atomic E-state index is 0.328. The Kier molecular flexibility index (Phi) is 5.34. The Hall–Kier alpha value is -1.17. The van der Waals surface area contributed by atoms with Gasteiger partial charge in [-0.25, -0.2) is 13.1 Å². The molecule has 0 atom stereocenters. The van der Waals surface area contributed by atoms with Crippen molar-refractivity contribution in [2.24, 2.45) is 0 Å². The molecule has 1 N–H and O–H groups in total. The van der Waals surface area contributed by atoms with Crippen molar-refractivity contribution in [3.63, 3.8) is 0 Å². The van der Waals surface area contributed by atoms with Crippen molar-refractivity contribution in [2.45, 2.75) is 37.6 Å². The third kappa shape index (κ3) is 4.16. The van der Waals surface area contributed by atoms with Crippen LogP contribution in [-0.2, 0) is 23.0 Å². The minimum atomic E-state index is -3.42. The third-order valence-electron chi connectivity index (χ3n) is 3.07. The van der Waals surface area contributed by atoms with Gasteiger partial charge in [0.25, 0.3) is 0 Å². The number of hydrogen-bond acceptors (Lipinski definition) is 3. The van der Waals surface area contributed by atoms with Gasteiger partial charge in [0.05, 0.1) is 4.90 Å². The average Bonchev–Trinajstić information content (AvgIpc) is 2.97. The van der Waals surface area contributed by atoms with Crippen molar-refractivity contribution in [3.05, 3.63) is 52.2 Å². The largest absolute Gasteiger partial charge is 0.240 e. The summed E-state index contributed by atoms with van der Waals surface area (Å²) in [7, 11) is -3.42. The minimum Gasteiger partial charge on any atom is -0.207 e. The van der Waals surface area contributed by atoms with Crippen LogP contribution in [0.1, 0.15) is 30.2 Å². The van der Waals surface area contributed by atoms with Crippen LogP contribution in [0.4, 0.5) is 0 Å². The van der Waals surface area contributed by atoms with Gasteiger partial charge >= 0.3 is 0 Å². The second-order valence-corrected chi connectivity index (χ2v) is 7.45. The Morgan fingerprint density at radius 3 is 2.50 bits per heavy atom. The number of nitrogens with one attached hydrogen (secondary N) is 1. The molecule has 0 unspecified atom stereocenters. The van der Waals surface area contributed by atoms with Gasteiger partial charge in [-0.3, -0.25) is 0 Å². The molecule has 0 bridgehead atoms. The van der Waals surface area contributed by atoms with E-state index in [1.807, 2.05) is 29.6 Å². The molecule has 0 fully saturated rings. The molecule has 0 saturated carbocycles. The molecule has 0 aliphatic carbocycles. The highest BCUT2D eigenvalue weighted by molar-refractivity contribution is 7.89. The van der Waals surface area contributed by atoms with Gasteiger partial charge in [-0.05, 0) is 42.0 Å². The van der Waals surface area contributed by atoms with Crippen molar-refractivity contribution in [1.29, 1.82) is 0 Å². The SMILES string of the molecule is CCCCc1ccc(S(=O)(=O)NCc2cccs2)cc1. The van der Waals surface area contributed by atoms with Crippen LogP contribution in [0.2, 0.25) is 0 Å². The molecule has 108 valence electrons. The predicted molar refractivity (Wildman–Crippen MR) is 83.4 cm³/mol. The molecule has 0 amide bonds. The van der Waals surface area contributed by atoms with Crippen molar-refractivity contribution in [3.8, 4) is 0 Å². The first-order valence-electron chi connectivity index (χ1n) is 6.73. The summed E-state index contributed by atoms with van der Waals surface area (Å²) in [5.41, 5.74) is 1.18. The van der Waals surface area contributed by atoms with Gasteiger partial charge in [-0.2, -0.15) is 0 Å². The van der Waals surface area contributed by atoms with Gasteiger partial charge in [0.2, 0.25) is 10.0 Å². The normalized spacial score (nSPS) is 11.7. The van der Waals surface area contributed by atoms with Gasteiger partial charge in [0.15, 0.2) is 0 Å². The number of unbranched alkanes of at least 4 members (excludes halogenated alkanes) is 1. The molecule has 1 aromatic carbocycles. The Morgan fingerprint density at radius 2 is 1.90 bits per heavy atom. The molecular weight excluding hydrogens is 290 g/mol. The summed E-state index contributed by atoms with van der Waals surface area (Å²) in [5, 5.41) is 1.94. The monoisotopic (exact) mass is 309 g/mol. The lowest BCUT2D eigenvalue weighted by atomic mass is 10.1. The van der Waals surface area contributed by atoms with Gasteiger partial charge < -0.3 is 0 Å². The molecular formula is C15H19NO2S2. The number of sulfonamides is 1. The maximum atomic E-state index is 12.1. The number of hydrogen-bond donors (Lipinski definition) is 1. The van der Waals surface area contributed by atoms with Crippen LogP contribution >= 0.6 is 11.3 Å². The van der Waals surface area contributed by atoms with E-state index in [4.69, 9.17) is 0 Å². The van der Waals surface area contributed by atoms with Crippen LogP contribution in [0.3, 0.4) is 0 Å². The second-order valence-electron chi connectivity index (χ2n) is 4.65. The van der Waals surface area contributed by atoms with E-state index in [1.165, 1.54) is 5.56 Å². The number of rotatable bonds is 7. The van der Waals surface area contributed by atoms with E-state index in [0.717, 1.165) is 24.1 Å². The average molecular weight is 309 g/mol. The van der Waals surface area contributed by atoms with E-state index in [1.54, 1.807) is 23.5 Å². The molecule has 0 spiro atoms. The maximum absolute atomic E-state index is 12.1. The molecule has 2 rings (SSSR count). The van der Waals surface area contributed by atoms with E-state index in [-0.39, 0.29) is 0 Å². The lowest BCUT2D eigenvalue weighted by Crippen LogP contribution is -2.22. The van der Waals surface area contributed by atoms with E-state index in [9.17, 15) is 8.42 Å². The number of aryl methyl sites for hydroxylation is 1. The number of benzene rings is 1. The fourth-order valence-corrected chi connectivity index (χ4v) is 3.62. The quantitative estimate of drug-likeness (QED) is 0.850. The van der Waals surface area contributed by atoms with Crippen LogP contribution < -0.4 is 4.72 Å². The summed E-state index contributed by atoms with van der Waals surface area (Å²) in [4.78, 5) is 1.34. The van der Waals surface area contributed by atoms with E-state index < -0.39 is 10.0 Å². The molecule has 1 heterocycles. The molecule has 0 saturated heterocycles. The molecule has 0 aliphatic rings. The van der Waals surface area contributed by atoms with Gasteiger partial charge in [-0.1, -0.05) is 31.5 Å². The van der Waals surface area contributed by atoms with Crippen LogP contribution in [0.5, 0.6) is 0 Å². The summed E-state index contributed by atoms with van der Waals surface area (Å²) >= 11 is 1.54. The molecule has 5 heteroatoms. The second kappa shape index (κ2) is 7.02. The predicted octanol–water partition coefficient (Wildman–Crippen LogP) is 3.57. The Morgan fingerprint density at radius 1 is 1.15 bits per heavy atom. The third-order valence-corrected chi connectivity index (χ3v) is 5.36. The first-order chi connectivity index (χ1) is 9.62. The first kappa shape index (κ1) is 15.2. The highest BCUT2D eigenvalue weighted by atomic mass is 32.2. The van der Waals surface area contributed by atoms with Gasteiger partial charge in [0, 0.05) is 11.4 Å². The van der Waals surface area contributed by atoms with Crippen molar-refractivity contribution >= 4 is 21.4 Å². The van der Waals surface area contributed by atoms with Crippen molar-refractivity contribution in [2.75, 3.05) is 0 Å². The zero-order chi connectivity index (χ0) is 14.4. The topological polar surface area (TPSA) is 46.2 Å². The lowest BCUT2D eigenvalue weighted by molar-refractivity contribution is 0.582. The Labute approximate surface area is 124 Å². The summed E-state index contributed by atoms with van der Waals surface area (Å²) < 4.78 is 26.9. The van der Waals surface area contributed by atoms with Crippen molar-refractivity contribution < 1.29 is 8.42 Å². The smallest absolute Gasteiger partial charge is 0.207 e. The summed E-state index contributed by atoms with van der Waals surface area (Å²) in [5.74, 6) is 0. The van der Waals surface area contributed by atoms with Crippen LogP contribution in [0.25, 0.3) is 0 Å². The first-order valence-corrected chi connectivity index (χ1v) is 9.09. The van der Waals surface area contributed by atoms with E-state index in [0.29, 0.717) is 11.4 Å². The highest BCUT2D eigenvalue weighted by Crippen LogP contribution is 2.14. The molecule has 2 aromatic rings. The molecule has 0 aliphatic heterocycles. The van der Waals surface area contributed by atoms with Crippen LogP contribution in [-0.4, -0.2) is 8.42 Å². The summed E-state index contributed by atoms with van der Waals surface area (Å²) in [6.45, 7) is 2.49. The van der Waals surface area contributed by atoms with E-state index >= 15 is 0 Å². The van der Waals surface area contributed by atoms with Crippen molar-refractivity contribution in [1.82, 2.24) is 4.72 Å². The zero-order valence-corrected chi connectivity index (χ0v) is 13.1. The standard InChI is InChI=1S/C15H19NO2S2/c1-2-3-5-13-7-9-15(10-8-13)20(17,18)16-12-14-6-4-11-19-14/h4,6-11,16H,2-3,5,12H2,1H3. The summed E-state index contributed by atoms with van der Waals surface area (Å²) in [6, 6.07) is 11.0. The molecule has 0 radical (unpaired) electrons. The Bertz CT molecular complexity index is 616. The molecule has 20 heavy (non-hydrogen) atoms. The Balaban J connectivity index is 2.01. The van der Waals surface area contributed by atoms with E-state index in [2.05, 4.69) is 11.6 Å². The molecule has 1 aromatic heterocycles.